The van der Waals surface area contributed by atoms with Crippen LogP contribution >= 0.6 is 0 Å². The maximum absolute atomic E-state index is 5.30. The second-order valence-corrected chi connectivity index (χ2v) is 4.35. The number of nitrogens with zero attached hydrogens (tertiary/aromatic N) is 2. The Hall–Kier alpha value is -1.45. The van der Waals surface area contributed by atoms with Crippen molar-refractivity contribution in [1.82, 2.24) is 10.2 Å². The zero-order chi connectivity index (χ0) is 11.9. The maximum atomic E-state index is 5.30. The van der Waals surface area contributed by atoms with E-state index in [1.165, 1.54) is 19.3 Å². The molecule has 1 aromatic rings. The number of rotatable bonds is 3. The van der Waals surface area contributed by atoms with Crippen molar-refractivity contribution in [2.45, 2.75) is 25.7 Å². The van der Waals surface area contributed by atoms with E-state index in [2.05, 4.69) is 15.2 Å². The fraction of sp³-hybridized carbons (Fsp3) is 0.615. The first-order valence-electron chi connectivity index (χ1n) is 6.38. The zero-order valence-corrected chi connectivity index (χ0v) is 10.5. The Morgan fingerprint density at radius 2 is 2.24 bits per heavy atom. The van der Waals surface area contributed by atoms with Crippen LogP contribution in [0.1, 0.15) is 25.0 Å². The summed E-state index contributed by atoms with van der Waals surface area (Å²) in [7, 11) is 1.85. The molecule has 1 aromatic heterocycles. The molecule has 1 fully saturated rings. The molecule has 94 valence electrons. The first-order chi connectivity index (χ1) is 8.40. The molecule has 2 rings (SSSR count). The summed E-state index contributed by atoms with van der Waals surface area (Å²) < 4.78 is 5.30. The van der Waals surface area contributed by atoms with Gasteiger partial charge in [-0.2, -0.15) is 0 Å². The fourth-order valence-electron chi connectivity index (χ4n) is 2.19. The number of hydrogen-bond acceptors (Lipinski definition) is 2. The molecular weight excluding hydrogens is 214 g/mol. The largest absolute Gasteiger partial charge is 0.469 e. The van der Waals surface area contributed by atoms with Crippen LogP contribution in [-0.2, 0) is 6.42 Å². The van der Waals surface area contributed by atoms with E-state index in [-0.39, 0.29) is 0 Å². The Balaban J connectivity index is 1.75. The van der Waals surface area contributed by atoms with Gasteiger partial charge in [0, 0.05) is 33.1 Å². The lowest BCUT2D eigenvalue weighted by molar-refractivity contribution is 0.331. The van der Waals surface area contributed by atoms with Crippen LogP contribution in [-0.4, -0.2) is 37.5 Å². The highest BCUT2D eigenvalue weighted by Crippen LogP contribution is 2.08. The van der Waals surface area contributed by atoms with Crippen LogP contribution in [0.3, 0.4) is 0 Å². The summed E-state index contributed by atoms with van der Waals surface area (Å²) in [6.07, 6.45) is 6.52. The molecular formula is C13H21N3O. The fourth-order valence-corrected chi connectivity index (χ4v) is 2.19. The number of piperidine rings is 1. The molecule has 0 atom stereocenters. The lowest BCUT2D eigenvalue weighted by Crippen LogP contribution is -2.44. The Kier molecular flexibility index (Phi) is 4.47. The molecule has 0 aliphatic carbocycles. The van der Waals surface area contributed by atoms with Crippen LogP contribution in [0, 0.1) is 0 Å². The Labute approximate surface area is 103 Å². The molecule has 0 saturated carbocycles. The van der Waals surface area contributed by atoms with Gasteiger partial charge in [0.15, 0.2) is 5.96 Å². The highest BCUT2D eigenvalue weighted by atomic mass is 16.3. The third kappa shape index (κ3) is 3.51. The van der Waals surface area contributed by atoms with Crippen LogP contribution in [0.4, 0.5) is 0 Å². The number of aliphatic imine (C=N–C) groups is 1. The SMILES string of the molecule is CN=C(NCCc1ccco1)N1CCCCC1. The van der Waals surface area contributed by atoms with Gasteiger partial charge in [-0.05, 0) is 31.4 Å². The summed E-state index contributed by atoms with van der Waals surface area (Å²) in [6.45, 7) is 3.12. The van der Waals surface area contributed by atoms with E-state index >= 15 is 0 Å². The number of hydrogen-bond donors (Lipinski definition) is 1. The first kappa shape index (κ1) is 12.0. The normalized spacial score (nSPS) is 17.2. The van der Waals surface area contributed by atoms with E-state index in [4.69, 9.17) is 4.42 Å². The molecule has 1 aliphatic rings. The van der Waals surface area contributed by atoms with Crippen LogP contribution in [0.25, 0.3) is 0 Å². The Bertz CT molecular complexity index is 340. The number of guanidine groups is 1. The summed E-state index contributed by atoms with van der Waals surface area (Å²) in [5, 5.41) is 3.39. The average molecular weight is 235 g/mol. The quantitative estimate of drug-likeness (QED) is 0.642. The first-order valence-corrected chi connectivity index (χ1v) is 6.38. The van der Waals surface area contributed by atoms with Crippen LogP contribution in [0.15, 0.2) is 27.8 Å². The second-order valence-electron chi connectivity index (χ2n) is 4.35. The second kappa shape index (κ2) is 6.33. The molecule has 1 aliphatic heterocycles. The minimum atomic E-state index is 0.872. The van der Waals surface area contributed by atoms with Gasteiger partial charge in [0.2, 0.25) is 0 Å². The molecule has 4 heteroatoms. The molecule has 0 bridgehead atoms. The number of nitrogens with one attached hydrogen (secondary N) is 1. The summed E-state index contributed by atoms with van der Waals surface area (Å²) >= 11 is 0. The van der Waals surface area contributed by atoms with Crippen molar-refractivity contribution in [3.63, 3.8) is 0 Å². The molecule has 0 aromatic carbocycles. The molecule has 0 unspecified atom stereocenters. The summed E-state index contributed by atoms with van der Waals surface area (Å²) in [4.78, 5) is 6.67. The van der Waals surface area contributed by atoms with Gasteiger partial charge >= 0.3 is 0 Å². The van der Waals surface area contributed by atoms with Gasteiger partial charge in [-0.25, -0.2) is 0 Å². The predicted octanol–water partition coefficient (Wildman–Crippen LogP) is 1.88. The molecule has 0 radical (unpaired) electrons. The Morgan fingerprint density at radius 3 is 2.88 bits per heavy atom. The van der Waals surface area contributed by atoms with Crippen molar-refractivity contribution in [3.8, 4) is 0 Å². The lowest BCUT2D eigenvalue weighted by atomic mass is 10.1. The Morgan fingerprint density at radius 1 is 1.41 bits per heavy atom. The van der Waals surface area contributed by atoms with E-state index in [1.54, 1.807) is 6.26 Å². The van der Waals surface area contributed by atoms with Crippen molar-refractivity contribution in [1.29, 1.82) is 0 Å². The lowest BCUT2D eigenvalue weighted by Gasteiger charge is -2.29. The predicted molar refractivity (Wildman–Crippen MR) is 69.2 cm³/mol. The van der Waals surface area contributed by atoms with Crippen molar-refractivity contribution in [3.05, 3.63) is 24.2 Å². The topological polar surface area (TPSA) is 40.8 Å². The van der Waals surface area contributed by atoms with Gasteiger partial charge < -0.3 is 14.6 Å². The van der Waals surface area contributed by atoms with Gasteiger partial charge in [0.05, 0.1) is 6.26 Å². The minimum Gasteiger partial charge on any atom is -0.469 e. The van der Waals surface area contributed by atoms with Crippen molar-refractivity contribution in [2.24, 2.45) is 4.99 Å². The van der Waals surface area contributed by atoms with Gasteiger partial charge in [0.1, 0.15) is 5.76 Å². The molecule has 0 amide bonds. The van der Waals surface area contributed by atoms with Crippen LogP contribution in [0.2, 0.25) is 0 Å². The summed E-state index contributed by atoms with van der Waals surface area (Å²) in [6, 6.07) is 3.93. The van der Waals surface area contributed by atoms with E-state index < -0.39 is 0 Å². The summed E-state index contributed by atoms with van der Waals surface area (Å²) in [5.74, 6) is 2.04. The van der Waals surface area contributed by atoms with E-state index in [1.807, 2.05) is 19.2 Å². The van der Waals surface area contributed by atoms with Crippen LogP contribution < -0.4 is 5.32 Å². The molecule has 0 spiro atoms. The highest BCUT2D eigenvalue weighted by molar-refractivity contribution is 5.79. The van der Waals surface area contributed by atoms with Gasteiger partial charge in [-0.1, -0.05) is 0 Å². The van der Waals surface area contributed by atoms with Crippen LogP contribution in [0.5, 0.6) is 0 Å². The molecule has 17 heavy (non-hydrogen) atoms. The summed E-state index contributed by atoms with van der Waals surface area (Å²) in [5.41, 5.74) is 0. The van der Waals surface area contributed by atoms with E-state index in [0.29, 0.717) is 0 Å². The van der Waals surface area contributed by atoms with Crippen molar-refractivity contribution >= 4 is 5.96 Å². The van der Waals surface area contributed by atoms with Gasteiger partial charge in [-0.15, -0.1) is 0 Å². The van der Waals surface area contributed by atoms with Gasteiger partial charge in [-0.3, -0.25) is 4.99 Å². The van der Waals surface area contributed by atoms with Crippen molar-refractivity contribution < 1.29 is 4.42 Å². The number of furan rings is 1. The third-order valence-corrected chi connectivity index (χ3v) is 3.10. The molecule has 1 N–H and O–H groups in total. The van der Waals surface area contributed by atoms with E-state index in [9.17, 15) is 0 Å². The molecule has 1 saturated heterocycles. The third-order valence-electron chi connectivity index (χ3n) is 3.10. The molecule has 4 nitrogen and oxygen atoms in total. The van der Waals surface area contributed by atoms with Gasteiger partial charge in [0.25, 0.3) is 0 Å². The highest BCUT2D eigenvalue weighted by Gasteiger charge is 2.13. The smallest absolute Gasteiger partial charge is 0.193 e. The monoisotopic (exact) mass is 235 g/mol. The van der Waals surface area contributed by atoms with Crippen molar-refractivity contribution in [2.75, 3.05) is 26.7 Å². The average Bonchev–Trinajstić information content (AvgIpc) is 2.89. The zero-order valence-electron chi connectivity index (χ0n) is 10.5. The maximum Gasteiger partial charge on any atom is 0.193 e. The molecule has 2 heterocycles. The number of likely N-dealkylation sites (tertiary alicyclic amines) is 1. The standard InChI is InChI=1S/C13H21N3O/c1-14-13(16-9-3-2-4-10-16)15-8-7-12-6-5-11-17-12/h5-6,11H,2-4,7-10H2,1H3,(H,14,15). The van der Waals surface area contributed by atoms with E-state index in [0.717, 1.165) is 37.8 Å². The minimum absolute atomic E-state index is 0.872.